The molecule has 20 heavy (non-hydrogen) atoms. The second-order valence-corrected chi connectivity index (χ2v) is 4.25. The van der Waals surface area contributed by atoms with Gasteiger partial charge in [0.25, 0.3) is 5.91 Å². The fraction of sp³-hybridized carbons (Fsp3) is 0.231. The number of benzene rings is 1. The first-order valence-corrected chi connectivity index (χ1v) is 6.09. The number of nitrogen functional groups attached to an aromatic ring is 1. The first-order valence-electron chi connectivity index (χ1n) is 6.09. The maximum absolute atomic E-state index is 13.4. The average Bonchev–Trinajstić information content (AvgIpc) is 2.92. The molecule has 2 rings (SSSR count). The molecule has 1 aromatic carbocycles. The van der Waals surface area contributed by atoms with Gasteiger partial charge in [0.05, 0.1) is 11.3 Å². The monoisotopic (exact) mass is 280 g/mol. The van der Waals surface area contributed by atoms with E-state index >= 15 is 0 Å². The van der Waals surface area contributed by atoms with Gasteiger partial charge in [-0.05, 0) is 12.5 Å². The predicted octanol–water partition coefficient (Wildman–Crippen LogP) is 1.63. The number of anilines is 1. The molecule has 2 aromatic rings. The molecule has 7 heteroatoms. The molecule has 1 aromatic heterocycles. The summed E-state index contributed by atoms with van der Waals surface area (Å²) in [5.41, 5.74) is 4.79. The summed E-state index contributed by atoms with van der Waals surface area (Å²) in [6, 6.07) is 1.60. The number of amides is 1. The van der Waals surface area contributed by atoms with Crippen molar-refractivity contribution in [3.63, 3.8) is 0 Å². The quantitative estimate of drug-likeness (QED) is 0.575. The van der Waals surface area contributed by atoms with Crippen LogP contribution in [0.15, 0.2) is 24.5 Å². The Morgan fingerprint density at radius 3 is 2.85 bits per heavy atom. The van der Waals surface area contributed by atoms with Gasteiger partial charge in [0.1, 0.15) is 17.5 Å². The lowest BCUT2D eigenvalue weighted by Gasteiger charge is -2.07. The summed E-state index contributed by atoms with van der Waals surface area (Å²) in [5.74, 6) is -1.61. The van der Waals surface area contributed by atoms with E-state index in [1.54, 1.807) is 12.4 Å². The number of rotatable bonds is 5. The van der Waals surface area contributed by atoms with E-state index in [4.69, 9.17) is 5.73 Å². The molecule has 0 aliphatic heterocycles. The number of halogens is 2. The minimum absolute atomic E-state index is 0.257. The van der Waals surface area contributed by atoms with Gasteiger partial charge in [0.2, 0.25) is 0 Å². The number of hydrogen-bond donors (Lipinski definition) is 3. The Hall–Kier alpha value is -2.44. The van der Waals surface area contributed by atoms with Crippen molar-refractivity contribution in [2.75, 3.05) is 12.3 Å². The van der Waals surface area contributed by atoms with Crippen LogP contribution in [0.25, 0.3) is 0 Å². The second-order valence-electron chi connectivity index (χ2n) is 4.25. The van der Waals surface area contributed by atoms with Crippen LogP contribution in [-0.4, -0.2) is 22.4 Å². The van der Waals surface area contributed by atoms with Crippen LogP contribution < -0.4 is 11.1 Å². The highest BCUT2D eigenvalue weighted by Gasteiger charge is 2.14. The SMILES string of the molecule is Nc1cc(C(=O)NCCCc2ncc[nH]2)c(F)cc1F. The minimum Gasteiger partial charge on any atom is -0.396 e. The van der Waals surface area contributed by atoms with Gasteiger partial charge in [0.15, 0.2) is 0 Å². The average molecular weight is 280 g/mol. The van der Waals surface area contributed by atoms with Gasteiger partial charge in [-0.15, -0.1) is 0 Å². The molecule has 0 aliphatic rings. The van der Waals surface area contributed by atoms with Crippen molar-refractivity contribution in [1.29, 1.82) is 0 Å². The number of aromatic amines is 1. The maximum atomic E-state index is 13.4. The third-order valence-electron chi connectivity index (χ3n) is 2.76. The summed E-state index contributed by atoms with van der Waals surface area (Å²) >= 11 is 0. The number of imidazole rings is 1. The molecule has 0 spiro atoms. The van der Waals surface area contributed by atoms with Crippen LogP contribution in [0, 0.1) is 11.6 Å². The molecule has 1 heterocycles. The van der Waals surface area contributed by atoms with Crippen molar-refractivity contribution in [3.05, 3.63) is 47.5 Å². The molecule has 0 atom stereocenters. The molecule has 0 fully saturated rings. The topological polar surface area (TPSA) is 83.8 Å². The zero-order chi connectivity index (χ0) is 14.5. The van der Waals surface area contributed by atoms with E-state index < -0.39 is 17.5 Å². The Morgan fingerprint density at radius 1 is 1.35 bits per heavy atom. The van der Waals surface area contributed by atoms with Crippen LogP contribution in [0.1, 0.15) is 22.6 Å². The first kappa shape index (κ1) is 14.0. The van der Waals surface area contributed by atoms with Crippen molar-refractivity contribution < 1.29 is 13.6 Å². The zero-order valence-corrected chi connectivity index (χ0v) is 10.6. The van der Waals surface area contributed by atoms with E-state index in [1.165, 1.54) is 0 Å². The zero-order valence-electron chi connectivity index (χ0n) is 10.6. The molecular weight excluding hydrogens is 266 g/mol. The van der Waals surface area contributed by atoms with Gasteiger partial charge in [-0.3, -0.25) is 4.79 Å². The molecule has 0 saturated carbocycles. The summed E-state index contributed by atoms with van der Waals surface area (Å²) in [7, 11) is 0. The summed E-state index contributed by atoms with van der Waals surface area (Å²) in [5, 5.41) is 2.55. The molecule has 0 radical (unpaired) electrons. The lowest BCUT2D eigenvalue weighted by molar-refractivity contribution is 0.0949. The van der Waals surface area contributed by atoms with Gasteiger partial charge in [0, 0.05) is 31.4 Å². The predicted molar refractivity (Wildman–Crippen MR) is 70.0 cm³/mol. The minimum atomic E-state index is -0.930. The number of carbonyl (C=O) groups is 1. The van der Waals surface area contributed by atoms with E-state index in [0.29, 0.717) is 25.5 Å². The largest absolute Gasteiger partial charge is 0.396 e. The normalized spacial score (nSPS) is 10.5. The lowest BCUT2D eigenvalue weighted by atomic mass is 10.1. The van der Waals surface area contributed by atoms with Crippen LogP contribution in [-0.2, 0) is 6.42 Å². The van der Waals surface area contributed by atoms with Crippen LogP contribution in [0.2, 0.25) is 0 Å². The summed E-state index contributed by atoms with van der Waals surface area (Å²) in [6.45, 7) is 0.357. The highest BCUT2D eigenvalue weighted by molar-refractivity contribution is 5.95. The number of aryl methyl sites for hydroxylation is 1. The number of nitrogens with two attached hydrogens (primary N) is 1. The van der Waals surface area contributed by atoms with Gasteiger partial charge >= 0.3 is 0 Å². The highest BCUT2D eigenvalue weighted by Crippen LogP contribution is 2.16. The van der Waals surface area contributed by atoms with Crippen molar-refractivity contribution in [1.82, 2.24) is 15.3 Å². The highest BCUT2D eigenvalue weighted by atomic mass is 19.1. The Bertz CT molecular complexity index is 599. The Balaban J connectivity index is 1.87. The molecule has 1 amide bonds. The van der Waals surface area contributed by atoms with Crippen LogP contribution in [0.4, 0.5) is 14.5 Å². The fourth-order valence-electron chi connectivity index (χ4n) is 1.73. The molecule has 4 N–H and O–H groups in total. The van der Waals surface area contributed by atoms with Gasteiger partial charge < -0.3 is 16.0 Å². The van der Waals surface area contributed by atoms with E-state index in [1.807, 2.05) is 0 Å². The molecule has 0 saturated heterocycles. The van der Waals surface area contributed by atoms with Crippen molar-refractivity contribution in [2.45, 2.75) is 12.8 Å². The van der Waals surface area contributed by atoms with Crippen LogP contribution in [0.5, 0.6) is 0 Å². The second kappa shape index (κ2) is 6.14. The smallest absolute Gasteiger partial charge is 0.254 e. The fourth-order valence-corrected chi connectivity index (χ4v) is 1.73. The molecule has 0 unspecified atom stereocenters. The number of hydrogen-bond acceptors (Lipinski definition) is 3. The molecule has 106 valence electrons. The van der Waals surface area contributed by atoms with Gasteiger partial charge in [-0.25, -0.2) is 13.8 Å². The molecule has 0 aliphatic carbocycles. The van der Waals surface area contributed by atoms with E-state index in [9.17, 15) is 13.6 Å². The van der Waals surface area contributed by atoms with Crippen LogP contribution >= 0.6 is 0 Å². The number of nitrogens with one attached hydrogen (secondary N) is 2. The number of aromatic nitrogens is 2. The molecule has 0 bridgehead atoms. The molecule has 5 nitrogen and oxygen atoms in total. The summed E-state index contributed by atoms with van der Waals surface area (Å²) in [6.07, 6.45) is 4.67. The van der Waals surface area contributed by atoms with Crippen molar-refractivity contribution >= 4 is 11.6 Å². The first-order chi connectivity index (χ1) is 9.58. The lowest BCUT2D eigenvalue weighted by Crippen LogP contribution is -2.26. The summed E-state index contributed by atoms with van der Waals surface area (Å²) < 4.78 is 26.4. The third-order valence-corrected chi connectivity index (χ3v) is 2.76. The van der Waals surface area contributed by atoms with Crippen molar-refractivity contribution in [2.24, 2.45) is 0 Å². The van der Waals surface area contributed by atoms with Gasteiger partial charge in [-0.2, -0.15) is 0 Å². The Labute approximate surface area is 114 Å². The Kier molecular flexibility index (Phi) is 4.29. The number of carbonyl (C=O) groups excluding carboxylic acids is 1. The number of nitrogens with zero attached hydrogens (tertiary/aromatic N) is 1. The van der Waals surface area contributed by atoms with E-state index in [0.717, 1.165) is 11.9 Å². The Morgan fingerprint density at radius 2 is 2.15 bits per heavy atom. The molecular formula is C13H14F2N4O. The maximum Gasteiger partial charge on any atom is 0.254 e. The van der Waals surface area contributed by atoms with Crippen LogP contribution in [0.3, 0.4) is 0 Å². The van der Waals surface area contributed by atoms with Crippen molar-refractivity contribution in [3.8, 4) is 0 Å². The van der Waals surface area contributed by atoms with Gasteiger partial charge in [-0.1, -0.05) is 0 Å². The standard InChI is InChI=1S/C13H14F2N4O/c14-9-7-10(15)11(16)6-8(9)13(20)19-3-1-2-12-17-4-5-18-12/h4-7H,1-3,16H2,(H,17,18)(H,19,20). The number of H-pyrrole nitrogens is 1. The van der Waals surface area contributed by atoms with E-state index in [-0.39, 0.29) is 11.3 Å². The third kappa shape index (κ3) is 3.31. The van der Waals surface area contributed by atoms with E-state index in [2.05, 4.69) is 15.3 Å². The summed E-state index contributed by atoms with van der Waals surface area (Å²) in [4.78, 5) is 18.7.